The van der Waals surface area contributed by atoms with E-state index in [-0.39, 0.29) is 11.3 Å². The first kappa shape index (κ1) is 10.9. The topological polar surface area (TPSA) is 41.6 Å². The molecule has 0 unspecified atom stereocenters. The Bertz CT molecular complexity index is 627. The van der Waals surface area contributed by atoms with Gasteiger partial charge >= 0.3 is 0 Å². The molecule has 1 fully saturated rings. The van der Waals surface area contributed by atoms with Crippen LogP contribution in [0.5, 0.6) is 0 Å². The largest absolute Gasteiger partial charge is 0.235 e. The Morgan fingerprint density at radius 1 is 1.28 bits per heavy atom. The third-order valence-electron chi connectivity index (χ3n) is 2.98. The van der Waals surface area contributed by atoms with Crippen LogP contribution in [-0.2, 0) is 0 Å². The maximum Gasteiger partial charge on any atom is 0.153 e. The molecule has 0 N–H and O–H groups in total. The minimum atomic E-state index is -0.781. The van der Waals surface area contributed by atoms with Crippen LogP contribution in [0.1, 0.15) is 30.0 Å². The molecule has 0 bridgehead atoms. The highest BCUT2D eigenvalue weighted by molar-refractivity contribution is 5.42. The average molecular weight is 245 g/mol. The minimum absolute atomic E-state index is 0.0386. The summed E-state index contributed by atoms with van der Waals surface area (Å²) in [4.78, 5) is 0. The maximum absolute atomic E-state index is 13.8. The predicted molar refractivity (Wildman–Crippen MR) is 60.2 cm³/mol. The van der Waals surface area contributed by atoms with Gasteiger partial charge in [-0.2, -0.15) is 10.4 Å². The monoisotopic (exact) mass is 245 g/mol. The van der Waals surface area contributed by atoms with Crippen LogP contribution < -0.4 is 0 Å². The van der Waals surface area contributed by atoms with Crippen LogP contribution in [0.25, 0.3) is 5.69 Å². The summed E-state index contributed by atoms with van der Waals surface area (Å²) in [6.07, 6.45) is 3.70. The van der Waals surface area contributed by atoms with Gasteiger partial charge in [0.05, 0.1) is 17.3 Å². The van der Waals surface area contributed by atoms with Crippen molar-refractivity contribution in [1.29, 1.82) is 5.26 Å². The van der Waals surface area contributed by atoms with Crippen LogP contribution in [0.3, 0.4) is 0 Å². The van der Waals surface area contributed by atoms with Crippen molar-refractivity contribution < 1.29 is 8.78 Å². The molecule has 90 valence electrons. The van der Waals surface area contributed by atoms with Crippen LogP contribution in [0.15, 0.2) is 24.4 Å². The zero-order chi connectivity index (χ0) is 12.7. The fourth-order valence-corrected chi connectivity index (χ4v) is 1.91. The molecule has 3 nitrogen and oxygen atoms in total. The van der Waals surface area contributed by atoms with Gasteiger partial charge < -0.3 is 0 Å². The average Bonchev–Trinajstić information content (AvgIpc) is 3.08. The molecule has 0 radical (unpaired) electrons. The third-order valence-corrected chi connectivity index (χ3v) is 2.98. The lowest BCUT2D eigenvalue weighted by Crippen LogP contribution is -2.03. The van der Waals surface area contributed by atoms with E-state index < -0.39 is 11.6 Å². The first-order valence-electron chi connectivity index (χ1n) is 5.64. The second-order valence-electron chi connectivity index (χ2n) is 4.36. The number of benzene rings is 1. The number of aromatic nitrogens is 2. The number of nitriles is 1. The quantitative estimate of drug-likeness (QED) is 0.816. The maximum atomic E-state index is 13.8. The van der Waals surface area contributed by atoms with Gasteiger partial charge in [0.15, 0.2) is 11.6 Å². The van der Waals surface area contributed by atoms with Crippen molar-refractivity contribution in [3.8, 4) is 11.8 Å². The number of hydrogen-bond acceptors (Lipinski definition) is 2. The first-order chi connectivity index (χ1) is 8.69. The second-order valence-corrected chi connectivity index (χ2v) is 4.36. The molecule has 0 saturated heterocycles. The molecule has 18 heavy (non-hydrogen) atoms. The van der Waals surface area contributed by atoms with Gasteiger partial charge in [-0.05, 0) is 31.0 Å². The van der Waals surface area contributed by atoms with Gasteiger partial charge in [-0.1, -0.05) is 0 Å². The highest BCUT2D eigenvalue weighted by Crippen LogP contribution is 2.39. The summed E-state index contributed by atoms with van der Waals surface area (Å²) in [7, 11) is 0. The summed E-state index contributed by atoms with van der Waals surface area (Å²) in [5, 5.41) is 12.8. The summed E-state index contributed by atoms with van der Waals surface area (Å²) in [5.41, 5.74) is 0.586. The second kappa shape index (κ2) is 3.91. The van der Waals surface area contributed by atoms with E-state index in [2.05, 4.69) is 5.10 Å². The zero-order valence-electron chi connectivity index (χ0n) is 9.40. The summed E-state index contributed by atoms with van der Waals surface area (Å²) in [6, 6.07) is 5.51. The van der Waals surface area contributed by atoms with Gasteiger partial charge in [0.1, 0.15) is 5.69 Å². The van der Waals surface area contributed by atoms with Crippen LogP contribution >= 0.6 is 0 Å². The standard InChI is InChI=1S/C13H9F2N3/c14-10-5-8(7-16)6-11(15)13(10)18-4-3-12(17-18)9-1-2-9/h3-6,9H,1-2H2. The normalized spacial score (nSPS) is 14.5. The van der Waals surface area contributed by atoms with Gasteiger partial charge in [0.25, 0.3) is 0 Å². The van der Waals surface area contributed by atoms with Gasteiger partial charge in [-0.3, -0.25) is 0 Å². The minimum Gasteiger partial charge on any atom is -0.235 e. The molecule has 0 amide bonds. The Kier molecular flexibility index (Phi) is 2.37. The van der Waals surface area contributed by atoms with Crippen molar-refractivity contribution in [3.05, 3.63) is 47.3 Å². The fraction of sp³-hybridized carbons (Fsp3) is 0.231. The lowest BCUT2D eigenvalue weighted by atomic mass is 10.2. The van der Waals surface area contributed by atoms with Crippen LogP contribution in [0.2, 0.25) is 0 Å². The molecule has 2 aromatic rings. The van der Waals surface area contributed by atoms with E-state index in [4.69, 9.17) is 5.26 Å². The molecule has 1 aliphatic carbocycles. The molecule has 1 saturated carbocycles. The summed E-state index contributed by atoms with van der Waals surface area (Å²) in [6.45, 7) is 0. The predicted octanol–water partition coefficient (Wildman–Crippen LogP) is 2.90. The first-order valence-corrected chi connectivity index (χ1v) is 5.64. The Balaban J connectivity index is 2.07. The number of halogens is 2. The molecule has 5 heteroatoms. The Morgan fingerprint density at radius 3 is 2.50 bits per heavy atom. The van der Waals surface area contributed by atoms with E-state index in [0.29, 0.717) is 5.92 Å². The highest BCUT2D eigenvalue weighted by atomic mass is 19.1. The van der Waals surface area contributed by atoms with E-state index in [1.54, 1.807) is 18.3 Å². The molecular weight excluding hydrogens is 236 g/mol. The third kappa shape index (κ3) is 1.76. The molecule has 1 aliphatic rings. The molecular formula is C13H9F2N3. The molecule has 0 spiro atoms. The van der Waals surface area contributed by atoms with Crippen molar-refractivity contribution in [2.45, 2.75) is 18.8 Å². The van der Waals surface area contributed by atoms with Crippen LogP contribution in [0, 0.1) is 23.0 Å². The van der Waals surface area contributed by atoms with E-state index in [9.17, 15) is 8.78 Å². The molecule has 1 aromatic heterocycles. The highest BCUT2D eigenvalue weighted by Gasteiger charge is 2.26. The van der Waals surface area contributed by atoms with Crippen LogP contribution in [0.4, 0.5) is 8.78 Å². The fourth-order valence-electron chi connectivity index (χ4n) is 1.91. The van der Waals surface area contributed by atoms with Gasteiger partial charge in [0, 0.05) is 12.1 Å². The van der Waals surface area contributed by atoms with Gasteiger partial charge in [-0.15, -0.1) is 0 Å². The van der Waals surface area contributed by atoms with Crippen molar-refractivity contribution >= 4 is 0 Å². The van der Waals surface area contributed by atoms with Crippen molar-refractivity contribution in [2.24, 2.45) is 0 Å². The lowest BCUT2D eigenvalue weighted by molar-refractivity contribution is 0.558. The van der Waals surface area contributed by atoms with Gasteiger partial charge in [0.2, 0.25) is 0 Å². The summed E-state index contributed by atoms with van der Waals surface area (Å²) >= 11 is 0. The Labute approximate surface area is 102 Å². The molecule has 3 rings (SSSR count). The molecule has 0 atom stereocenters. The van der Waals surface area contributed by atoms with E-state index in [1.165, 1.54) is 4.68 Å². The summed E-state index contributed by atoms with van der Waals surface area (Å²) in [5.74, 6) is -1.13. The number of rotatable bonds is 2. The Morgan fingerprint density at radius 2 is 1.94 bits per heavy atom. The molecule has 1 aromatic carbocycles. The Hall–Kier alpha value is -2.22. The SMILES string of the molecule is N#Cc1cc(F)c(-n2ccc(C3CC3)n2)c(F)c1. The zero-order valence-corrected chi connectivity index (χ0v) is 9.40. The van der Waals surface area contributed by atoms with Crippen LogP contribution in [-0.4, -0.2) is 9.78 Å². The van der Waals surface area contributed by atoms with Crippen molar-refractivity contribution in [2.75, 3.05) is 0 Å². The van der Waals surface area contributed by atoms with E-state index in [0.717, 1.165) is 30.7 Å². The smallest absolute Gasteiger partial charge is 0.153 e. The lowest BCUT2D eigenvalue weighted by Gasteiger charge is -2.05. The van der Waals surface area contributed by atoms with Crippen molar-refractivity contribution in [1.82, 2.24) is 9.78 Å². The van der Waals surface area contributed by atoms with E-state index in [1.807, 2.05) is 0 Å². The van der Waals surface area contributed by atoms with Crippen molar-refractivity contribution in [3.63, 3.8) is 0 Å². The molecule has 0 aliphatic heterocycles. The van der Waals surface area contributed by atoms with Gasteiger partial charge in [-0.25, -0.2) is 13.5 Å². The number of nitrogens with zero attached hydrogens (tertiary/aromatic N) is 3. The molecule has 1 heterocycles. The number of hydrogen-bond donors (Lipinski definition) is 0. The van der Waals surface area contributed by atoms with E-state index >= 15 is 0 Å². The summed E-state index contributed by atoms with van der Waals surface area (Å²) < 4.78 is 28.7.